The summed E-state index contributed by atoms with van der Waals surface area (Å²) in [6.45, 7) is 0. The van der Waals surface area contributed by atoms with Crippen molar-refractivity contribution < 1.29 is 14.7 Å². The highest BCUT2D eigenvalue weighted by molar-refractivity contribution is 6.10. The van der Waals surface area contributed by atoms with Crippen molar-refractivity contribution in [3.05, 3.63) is 53.6 Å². The minimum Gasteiger partial charge on any atom is -0.481 e. The number of anilines is 1. The van der Waals surface area contributed by atoms with Crippen LogP contribution in [0.5, 0.6) is 0 Å². The monoisotopic (exact) mass is 464 g/mol. The third-order valence-corrected chi connectivity index (χ3v) is 4.42. The second kappa shape index (κ2) is 10.5. The van der Waals surface area contributed by atoms with Crippen LogP contribution in [0, 0.1) is 10.8 Å². The van der Waals surface area contributed by atoms with E-state index in [1.165, 1.54) is 0 Å². The lowest BCUT2D eigenvalue weighted by atomic mass is 10.1. The standard InChI is InChI=1S/C20H20N6O3.2ClH/c21-19(22)11-3-1-10(2-4-11)17-18(26-15(27)7-8-16(28)29)13-6-5-12(20(23)24)9-14(13)25-17;;/h1-6,9,25H,7-8H2,(H3,21,22)(H3,23,24)(H,26,27)(H,28,29);2*1H. The lowest BCUT2D eigenvalue weighted by Gasteiger charge is -2.08. The minimum atomic E-state index is -1.05. The SMILES string of the molecule is Cl.Cl.N=C(N)c1ccc(-c2[nH]c3cc(C(=N)N)ccc3c2NC(=O)CCC(=O)O)cc1. The number of aromatic amines is 1. The number of fused-ring (bicyclic) bond motifs is 1. The molecule has 164 valence electrons. The van der Waals surface area contributed by atoms with Crippen LogP contribution in [-0.2, 0) is 9.59 Å². The van der Waals surface area contributed by atoms with Gasteiger partial charge in [-0.15, -0.1) is 24.8 Å². The van der Waals surface area contributed by atoms with E-state index in [1.54, 1.807) is 42.5 Å². The number of hydrogen-bond donors (Lipinski definition) is 7. The van der Waals surface area contributed by atoms with Gasteiger partial charge in [-0.25, -0.2) is 0 Å². The first kappa shape index (κ1) is 25.5. The molecule has 0 radical (unpaired) electrons. The van der Waals surface area contributed by atoms with Crippen molar-refractivity contribution in [1.82, 2.24) is 4.98 Å². The lowest BCUT2D eigenvalue weighted by molar-refractivity contribution is -0.138. The molecule has 0 aliphatic rings. The van der Waals surface area contributed by atoms with Gasteiger partial charge >= 0.3 is 5.97 Å². The number of amidine groups is 2. The van der Waals surface area contributed by atoms with Crippen LogP contribution in [0.1, 0.15) is 24.0 Å². The fraction of sp³-hybridized carbons (Fsp3) is 0.100. The van der Waals surface area contributed by atoms with E-state index in [-0.39, 0.29) is 49.3 Å². The largest absolute Gasteiger partial charge is 0.481 e. The molecule has 11 heteroatoms. The van der Waals surface area contributed by atoms with Crippen LogP contribution in [-0.4, -0.2) is 33.6 Å². The lowest BCUT2D eigenvalue weighted by Crippen LogP contribution is -2.13. The summed E-state index contributed by atoms with van der Waals surface area (Å²) in [5.41, 5.74) is 14.7. The van der Waals surface area contributed by atoms with Gasteiger partial charge in [0, 0.05) is 34.0 Å². The van der Waals surface area contributed by atoms with Crippen molar-refractivity contribution in [3.63, 3.8) is 0 Å². The first-order valence-corrected chi connectivity index (χ1v) is 8.73. The maximum Gasteiger partial charge on any atom is 0.303 e. The van der Waals surface area contributed by atoms with Crippen LogP contribution in [0.2, 0.25) is 0 Å². The van der Waals surface area contributed by atoms with Gasteiger partial charge in [0.25, 0.3) is 0 Å². The minimum absolute atomic E-state index is 0. The van der Waals surface area contributed by atoms with Gasteiger partial charge in [0.2, 0.25) is 5.91 Å². The van der Waals surface area contributed by atoms with E-state index in [1.807, 2.05) is 0 Å². The number of carbonyl (C=O) groups excluding carboxylic acids is 1. The molecule has 0 unspecified atom stereocenters. The quantitative estimate of drug-likeness (QED) is 0.209. The smallest absolute Gasteiger partial charge is 0.303 e. The molecule has 1 amide bonds. The molecule has 0 saturated heterocycles. The Balaban J connectivity index is 0.00000240. The van der Waals surface area contributed by atoms with Gasteiger partial charge in [-0.2, -0.15) is 0 Å². The molecule has 1 aromatic heterocycles. The van der Waals surface area contributed by atoms with Crippen molar-refractivity contribution >= 4 is 65.0 Å². The molecule has 3 aromatic rings. The second-order valence-corrected chi connectivity index (χ2v) is 6.48. The number of aliphatic carboxylic acids is 1. The number of nitrogen functional groups attached to an aromatic ring is 2. The second-order valence-electron chi connectivity index (χ2n) is 6.48. The van der Waals surface area contributed by atoms with Gasteiger partial charge in [-0.3, -0.25) is 20.4 Å². The number of amides is 1. The van der Waals surface area contributed by atoms with Crippen molar-refractivity contribution in [2.24, 2.45) is 11.5 Å². The van der Waals surface area contributed by atoms with Gasteiger partial charge < -0.3 is 26.9 Å². The molecule has 0 fully saturated rings. The topological polar surface area (TPSA) is 182 Å². The van der Waals surface area contributed by atoms with E-state index in [4.69, 9.17) is 27.4 Å². The number of carboxylic acids is 1. The highest BCUT2D eigenvalue weighted by Crippen LogP contribution is 2.35. The van der Waals surface area contributed by atoms with Crippen LogP contribution < -0.4 is 16.8 Å². The molecular formula is C20H22Cl2N6O3. The van der Waals surface area contributed by atoms with E-state index in [0.717, 1.165) is 5.56 Å². The van der Waals surface area contributed by atoms with Gasteiger partial charge in [0.15, 0.2) is 0 Å². The molecule has 0 aliphatic heterocycles. The molecule has 0 aliphatic carbocycles. The number of H-pyrrole nitrogens is 1. The molecular weight excluding hydrogens is 443 g/mol. The number of nitrogens with one attached hydrogen (secondary N) is 4. The number of hydrogen-bond acceptors (Lipinski definition) is 4. The molecule has 9 N–H and O–H groups in total. The highest BCUT2D eigenvalue weighted by atomic mass is 35.5. The Labute approximate surface area is 190 Å². The number of aromatic nitrogens is 1. The van der Waals surface area contributed by atoms with E-state index < -0.39 is 11.9 Å². The predicted molar refractivity (Wildman–Crippen MR) is 126 cm³/mol. The van der Waals surface area contributed by atoms with Crippen molar-refractivity contribution in [3.8, 4) is 11.3 Å². The number of benzene rings is 2. The van der Waals surface area contributed by atoms with Crippen LogP contribution in [0.15, 0.2) is 42.5 Å². The maximum absolute atomic E-state index is 12.3. The Morgan fingerprint density at radius 3 is 2.06 bits per heavy atom. The van der Waals surface area contributed by atoms with Crippen LogP contribution in [0.4, 0.5) is 5.69 Å². The Morgan fingerprint density at radius 2 is 1.52 bits per heavy atom. The average Bonchev–Trinajstić information content (AvgIpc) is 3.04. The Kier molecular flexibility index (Phi) is 8.60. The van der Waals surface area contributed by atoms with E-state index >= 15 is 0 Å². The van der Waals surface area contributed by atoms with Gasteiger partial charge in [-0.1, -0.05) is 30.3 Å². The van der Waals surface area contributed by atoms with E-state index in [9.17, 15) is 9.59 Å². The Hall–Kier alpha value is -3.56. The normalized spacial score (nSPS) is 9.94. The zero-order chi connectivity index (χ0) is 21.1. The number of rotatable bonds is 7. The third-order valence-electron chi connectivity index (χ3n) is 4.42. The molecule has 0 saturated carbocycles. The zero-order valence-corrected chi connectivity index (χ0v) is 17.8. The molecule has 1 heterocycles. The van der Waals surface area contributed by atoms with Crippen molar-refractivity contribution in [2.45, 2.75) is 12.8 Å². The predicted octanol–water partition coefficient (Wildman–Crippen LogP) is 3.05. The first-order valence-electron chi connectivity index (χ1n) is 8.73. The highest BCUT2D eigenvalue weighted by Gasteiger charge is 2.17. The Morgan fingerprint density at radius 1 is 0.935 bits per heavy atom. The molecule has 0 atom stereocenters. The average molecular weight is 465 g/mol. The zero-order valence-electron chi connectivity index (χ0n) is 16.2. The summed E-state index contributed by atoms with van der Waals surface area (Å²) in [6, 6.07) is 12.0. The Bertz CT molecular complexity index is 1140. The molecule has 3 rings (SSSR count). The maximum atomic E-state index is 12.3. The third kappa shape index (κ3) is 5.74. The number of carboxylic acid groups (broad SMARTS) is 1. The van der Waals surface area contributed by atoms with E-state index in [2.05, 4.69) is 10.3 Å². The van der Waals surface area contributed by atoms with Gasteiger partial charge in [-0.05, 0) is 12.1 Å². The van der Waals surface area contributed by atoms with Crippen molar-refractivity contribution in [2.75, 3.05) is 5.32 Å². The molecule has 0 spiro atoms. The molecule has 0 bridgehead atoms. The molecule has 2 aromatic carbocycles. The fourth-order valence-corrected chi connectivity index (χ4v) is 2.95. The first-order chi connectivity index (χ1) is 13.8. The van der Waals surface area contributed by atoms with Crippen molar-refractivity contribution in [1.29, 1.82) is 10.8 Å². The number of nitrogens with two attached hydrogens (primary N) is 2. The van der Waals surface area contributed by atoms with E-state index in [0.29, 0.717) is 33.4 Å². The molecule has 31 heavy (non-hydrogen) atoms. The van der Waals surface area contributed by atoms with Crippen LogP contribution >= 0.6 is 24.8 Å². The van der Waals surface area contributed by atoms with Crippen LogP contribution in [0.25, 0.3) is 22.2 Å². The van der Waals surface area contributed by atoms with Crippen LogP contribution in [0.3, 0.4) is 0 Å². The fourth-order valence-electron chi connectivity index (χ4n) is 2.95. The summed E-state index contributed by atoms with van der Waals surface area (Å²) >= 11 is 0. The number of carbonyl (C=O) groups is 2. The van der Waals surface area contributed by atoms with Gasteiger partial charge in [0.1, 0.15) is 11.7 Å². The summed E-state index contributed by atoms with van der Waals surface area (Å²) in [4.78, 5) is 26.2. The summed E-state index contributed by atoms with van der Waals surface area (Å²) in [5, 5.41) is 27.4. The molecule has 9 nitrogen and oxygen atoms in total. The number of halogens is 2. The summed E-state index contributed by atoms with van der Waals surface area (Å²) in [7, 11) is 0. The summed E-state index contributed by atoms with van der Waals surface area (Å²) < 4.78 is 0. The van der Waals surface area contributed by atoms with Gasteiger partial charge in [0.05, 0.1) is 17.8 Å². The summed E-state index contributed by atoms with van der Waals surface area (Å²) in [6.07, 6.45) is -0.429. The summed E-state index contributed by atoms with van der Waals surface area (Å²) in [5.74, 6) is -1.61.